The normalized spacial score (nSPS) is 28.3. The number of rotatable bonds is 3. The summed E-state index contributed by atoms with van der Waals surface area (Å²) in [6.07, 6.45) is 2.14. The third-order valence-corrected chi connectivity index (χ3v) is 6.21. The van der Waals surface area contributed by atoms with E-state index in [0.29, 0.717) is 17.0 Å². The molecule has 0 spiro atoms. The molecule has 112 valence electrons. The molecule has 3 fully saturated rings. The molecule has 1 atom stereocenters. The van der Waals surface area contributed by atoms with Crippen LogP contribution in [-0.4, -0.2) is 39.0 Å². The van der Waals surface area contributed by atoms with Crippen molar-refractivity contribution in [2.24, 2.45) is 5.92 Å². The first kappa shape index (κ1) is 14.5. The molecule has 4 rings (SSSR count). The number of aryl methyl sites for hydroxylation is 1. The van der Waals surface area contributed by atoms with Gasteiger partial charge in [0.1, 0.15) is 0 Å². The van der Waals surface area contributed by atoms with Crippen molar-refractivity contribution in [1.29, 1.82) is 5.26 Å². The zero-order valence-electron chi connectivity index (χ0n) is 12.0. The Morgan fingerprint density at radius 3 is 2.57 bits per heavy atom. The van der Waals surface area contributed by atoms with Crippen LogP contribution in [0.1, 0.15) is 24.0 Å². The molecule has 0 aliphatic carbocycles. The van der Waals surface area contributed by atoms with Crippen molar-refractivity contribution in [3.05, 3.63) is 29.3 Å². The molecule has 3 aliphatic rings. The van der Waals surface area contributed by atoms with Crippen molar-refractivity contribution in [3.63, 3.8) is 0 Å². The third kappa shape index (κ3) is 2.82. The summed E-state index contributed by atoms with van der Waals surface area (Å²) in [6, 6.07) is 6.73. The first-order valence-electron chi connectivity index (χ1n) is 7.25. The van der Waals surface area contributed by atoms with Gasteiger partial charge in [-0.15, -0.1) is 0 Å². The Balaban J connectivity index is 1.83. The van der Waals surface area contributed by atoms with Gasteiger partial charge in [-0.1, -0.05) is 0 Å². The number of piperidine rings is 3. The van der Waals surface area contributed by atoms with Gasteiger partial charge < -0.3 is 4.90 Å². The lowest BCUT2D eigenvalue weighted by Crippen LogP contribution is -2.57. The third-order valence-electron chi connectivity index (χ3n) is 4.56. The molecule has 1 aromatic rings. The average Bonchev–Trinajstić information content (AvgIpc) is 2.47. The lowest BCUT2D eigenvalue weighted by atomic mass is 9.85. The summed E-state index contributed by atoms with van der Waals surface area (Å²) in [4.78, 5) is 2.59. The molecule has 1 N–H and O–H groups in total. The molecule has 0 aromatic heterocycles. The molecule has 6 heteroatoms. The van der Waals surface area contributed by atoms with Crippen LogP contribution in [0.3, 0.4) is 0 Å². The zero-order chi connectivity index (χ0) is 15.0. The number of benzene rings is 1. The van der Waals surface area contributed by atoms with Crippen LogP contribution in [0.5, 0.6) is 0 Å². The number of hydrogen-bond donors (Lipinski definition) is 1. The summed E-state index contributed by atoms with van der Waals surface area (Å²) < 4.78 is 28.0. The van der Waals surface area contributed by atoms with Gasteiger partial charge in [0.2, 0.25) is 10.0 Å². The summed E-state index contributed by atoms with van der Waals surface area (Å²) in [5.74, 6) is 0.448. The van der Waals surface area contributed by atoms with Gasteiger partial charge in [0.05, 0.1) is 16.5 Å². The largest absolute Gasteiger partial charge is 0.302 e. The summed E-state index contributed by atoms with van der Waals surface area (Å²) in [5.41, 5.74) is 1.09. The van der Waals surface area contributed by atoms with E-state index < -0.39 is 10.0 Å². The highest BCUT2D eigenvalue weighted by molar-refractivity contribution is 7.89. The summed E-state index contributed by atoms with van der Waals surface area (Å²) in [5, 5.41) is 8.87. The maximum Gasteiger partial charge on any atom is 0.241 e. The molecule has 21 heavy (non-hydrogen) atoms. The Hall–Kier alpha value is -1.42. The van der Waals surface area contributed by atoms with Gasteiger partial charge in [0.25, 0.3) is 0 Å². The van der Waals surface area contributed by atoms with Crippen molar-refractivity contribution in [2.45, 2.75) is 30.7 Å². The fourth-order valence-corrected chi connectivity index (χ4v) is 4.90. The number of sulfonamides is 1. The Kier molecular flexibility index (Phi) is 3.74. The van der Waals surface area contributed by atoms with Crippen LogP contribution in [0, 0.1) is 24.2 Å². The second-order valence-corrected chi connectivity index (χ2v) is 7.64. The second-order valence-electron chi connectivity index (χ2n) is 5.96. The van der Waals surface area contributed by atoms with Gasteiger partial charge in [0, 0.05) is 12.6 Å². The van der Waals surface area contributed by atoms with E-state index in [1.165, 1.54) is 6.07 Å². The van der Waals surface area contributed by atoms with Crippen LogP contribution in [0.25, 0.3) is 0 Å². The molecule has 1 unspecified atom stereocenters. The second kappa shape index (κ2) is 5.41. The van der Waals surface area contributed by atoms with Gasteiger partial charge in [-0.3, -0.25) is 0 Å². The van der Waals surface area contributed by atoms with Crippen LogP contribution in [0.2, 0.25) is 0 Å². The molecule has 1 aromatic carbocycles. The fraction of sp³-hybridized carbons (Fsp3) is 0.533. The minimum absolute atomic E-state index is 0.00698. The predicted molar refractivity (Wildman–Crippen MR) is 79.2 cm³/mol. The minimum Gasteiger partial charge on any atom is -0.302 e. The maximum absolute atomic E-state index is 12.6. The fourth-order valence-electron chi connectivity index (χ4n) is 3.38. The van der Waals surface area contributed by atoms with Crippen molar-refractivity contribution in [3.8, 4) is 6.07 Å². The van der Waals surface area contributed by atoms with Crippen molar-refractivity contribution in [1.82, 2.24) is 9.62 Å². The summed E-state index contributed by atoms with van der Waals surface area (Å²) in [7, 11) is -3.52. The Bertz CT molecular complexity index is 685. The standard InChI is InChI=1S/C15H19N3O2S/c1-11-8-12(9-16)2-3-15(11)21(19,20)17-14-10-18-6-4-13(14)5-7-18/h2-3,8,13-14,17H,4-7,10H2,1H3. The Morgan fingerprint density at radius 2 is 2.05 bits per heavy atom. The number of nitrogens with one attached hydrogen (secondary N) is 1. The average molecular weight is 305 g/mol. The van der Waals surface area contributed by atoms with E-state index in [0.717, 1.165) is 32.5 Å². The number of hydrogen-bond acceptors (Lipinski definition) is 4. The molecule has 3 aliphatic heterocycles. The monoisotopic (exact) mass is 305 g/mol. The van der Waals surface area contributed by atoms with Gasteiger partial charge in [-0.05, 0) is 62.5 Å². The summed E-state index contributed by atoms with van der Waals surface area (Å²) in [6.45, 7) is 4.70. The van der Waals surface area contributed by atoms with Crippen LogP contribution in [0.4, 0.5) is 0 Å². The topological polar surface area (TPSA) is 73.2 Å². The molecule has 0 radical (unpaired) electrons. The van der Waals surface area contributed by atoms with Gasteiger partial charge >= 0.3 is 0 Å². The van der Waals surface area contributed by atoms with Gasteiger partial charge in [-0.25, -0.2) is 13.1 Å². The molecule has 3 heterocycles. The van der Waals surface area contributed by atoms with Crippen LogP contribution < -0.4 is 4.72 Å². The zero-order valence-corrected chi connectivity index (χ0v) is 12.9. The molecule has 2 bridgehead atoms. The number of nitrogens with zero attached hydrogens (tertiary/aromatic N) is 2. The van der Waals surface area contributed by atoms with E-state index in [1.807, 2.05) is 6.07 Å². The molecular formula is C15H19N3O2S. The van der Waals surface area contributed by atoms with Gasteiger partial charge in [-0.2, -0.15) is 5.26 Å². The smallest absolute Gasteiger partial charge is 0.241 e. The van der Waals surface area contributed by atoms with E-state index in [4.69, 9.17) is 5.26 Å². The quantitative estimate of drug-likeness (QED) is 0.912. The van der Waals surface area contributed by atoms with Crippen LogP contribution >= 0.6 is 0 Å². The van der Waals surface area contributed by atoms with E-state index in [1.54, 1.807) is 19.1 Å². The molecule has 3 saturated heterocycles. The molecule has 0 saturated carbocycles. The lowest BCUT2D eigenvalue weighted by Gasteiger charge is -2.44. The van der Waals surface area contributed by atoms with Crippen LogP contribution in [0.15, 0.2) is 23.1 Å². The maximum atomic E-state index is 12.6. The SMILES string of the molecule is Cc1cc(C#N)ccc1S(=O)(=O)NC1CN2CCC1CC2. The predicted octanol–water partition coefficient (Wildman–Crippen LogP) is 1.24. The highest BCUT2D eigenvalue weighted by Crippen LogP contribution is 2.29. The summed E-state index contributed by atoms with van der Waals surface area (Å²) >= 11 is 0. The van der Waals surface area contributed by atoms with Crippen LogP contribution in [-0.2, 0) is 10.0 Å². The van der Waals surface area contributed by atoms with Crippen molar-refractivity contribution >= 4 is 10.0 Å². The van der Waals surface area contributed by atoms with E-state index >= 15 is 0 Å². The number of nitriles is 1. The molecule has 0 amide bonds. The molecular weight excluding hydrogens is 286 g/mol. The van der Waals surface area contributed by atoms with Crippen molar-refractivity contribution in [2.75, 3.05) is 19.6 Å². The Morgan fingerprint density at radius 1 is 1.33 bits per heavy atom. The molecule has 5 nitrogen and oxygen atoms in total. The van der Waals surface area contributed by atoms with Gasteiger partial charge in [0.15, 0.2) is 0 Å². The first-order valence-corrected chi connectivity index (χ1v) is 8.73. The van der Waals surface area contributed by atoms with E-state index in [-0.39, 0.29) is 10.9 Å². The van der Waals surface area contributed by atoms with E-state index in [2.05, 4.69) is 9.62 Å². The highest BCUT2D eigenvalue weighted by Gasteiger charge is 2.36. The number of fused-ring (bicyclic) bond motifs is 3. The van der Waals surface area contributed by atoms with E-state index in [9.17, 15) is 8.42 Å². The minimum atomic E-state index is -3.52. The highest BCUT2D eigenvalue weighted by atomic mass is 32.2. The first-order chi connectivity index (χ1) is 9.99. The lowest BCUT2D eigenvalue weighted by molar-refractivity contribution is 0.0827. The Labute approximate surface area is 125 Å². The van der Waals surface area contributed by atoms with Crippen molar-refractivity contribution < 1.29 is 8.42 Å².